The molecule has 7 nitrogen and oxygen atoms in total. The third kappa shape index (κ3) is 5.49. The molecule has 1 aliphatic heterocycles. The molecule has 148 valence electrons. The molecule has 1 heterocycles. The molecule has 1 aromatic carbocycles. The summed E-state index contributed by atoms with van der Waals surface area (Å²) in [7, 11) is 0. The van der Waals surface area contributed by atoms with Crippen molar-refractivity contribution in [3.63, 3.8) is 0 Å². The molecule has 1 aliphatic rings. The first kappa shape index (κ1) is 21.3. The Balaban J connectivity index is 2.11. The van der Waals surface area contributed by atoms with Crippen molar-refractivity contribution in [3.8, 4) is 17.2 Å². The van der Waals surface area contributed by atoms with Crippen molar-refractivity contribution in [1.29, 1.82) is 0 Å². The number of carbonyl (C=O) groups is 2. The van der Waals surface area contributed by atoms with Crippen LogP contribution in [0.15, 0.2) is 12.1 Å². The monoisotopic (exact) mass is 412 g/mol. The Morgan fingerprint density at radius 2 is 1.74 bits per heavy atom. The van der Waals surface area contributed by atoms with Crippen LogP contribution < -0.4 is 19.5 Å². The fraction of sp³-hybridized carbons (Fsp3) is 0.500. The van der Waals surface area contributed by atoms with E-state index < -0.39 is 0 Å². The van der Waals surface area contributed by atoms with E-state index in [2.05, 4.69) is 5.32 Å². The van der Waals surface area contributed by atoms with Crippen LogP contribution in [0.3, 0.4) is 0 Å². The highest BCUT2D eigenvalue weighted by Crippen LogP contribution is 2.39. The van der Waals surface area contributed by atoms with Gasteiger partial charge < -0.3 is 19.5 Å². The molecule has 1 N–H and O–H groups in total. The first-order valence-corrected chi connectivity index (χ1v) is 10.2. The molecular weight excluding hydrogens is 388 g/mol. The summed E-state index contributed by atoms with van der Waals surface area (Å²) >= 11 is 6.47. The van der Waals surface area contributed by atoms with Gasteiger partial charge in [0, 0.05) is 18.7 Å². The number of hydrogen-bond donors (Lipinski definition) is 1. The van der Waals surface area contributed by atoms with Crippen molar-refractivity contribution < 1.29 is 23.8 Å². The number of hydrogen-bond acceptors (Lipinski definition) is 7. The van der Waals surface area contributed by atoms with E-state index in [1.165, 1.54) is 16.7 Å². The lowest BCUT2D eigenvalue weighted by atomic mass is 10.1. The predicted octanol–water partition coefficient (Wildman–Crippen LogP) is 2.47. The normalized spacial score (nSPS) is 13.7. The molecule has 2 amide bonds. The predicted molar refractivity (Wildman–Crippen MR) is 109 cm³/mol. The number of thiocarbonyl (C=S) groups is 1. The lowest BCUT2D eigenvalue weighted by molar-refractivity contribution is -0.123. The first-order chi connectivity index (χ1) is 13.0. The number of thioether (sulfide) groups is 1. The highest BCUT2D eigenvalue weighted by molar-refractivity contribution is 8.23. The maximum absolute atomic E-state index is 12.6. The van der Waals surface area contributed by atoms with Crippen LogP contribution in [0.25, 0.3) is 0 Å². The second kappa shape index (κ2) is 10.4. The van der Waals surface area contributed by atoms with E-state index in [9.17, 15) is 9.59 Å². The largest absolute Gasteiger partial charge is 0.490 e. The van der Waals surface area contributed by atoms with Gasteiger partial charge in [0.2, 0.25) is 11.7 Å². The molecule has 1 aromatic rings. The van der Waals surface area contributed by atoms with Crippen molar-refractivity contribution in [2.24, 2.45) is 0 Å². The van der Waals surface area contributed by atoms with Crippen molar-refractivity contribution in [2.45, 2.75) is 20.8 Å². The minimum absolute atomic E-state index is 0.0300. The van der Waals surface area contributed by atoms with Crippen LogP contribution in [-0.4, -0.2) is 59.7 Å². The number of nitrogens with one attached hydrogen (secondary N) is 1. The number of amides is 2. The molecule has 1 saturated heterocycles. The van der Waals surface area contributed by atoms with Crippen LogP contribution in [-0.2, 0) is 4.79 Å². The molecular formula is C18H24N2O5S2. The Morgan fingerprint density at radius 3 is 2.22 bits per heavy atom. The Labute approximate surface area is 168 Å². The highest BCUT2D eigenvalue weighted by Gasteiger charge is 2.26. The summed E-state index contributed by atoms with van der Waals surface area (Å²) in [4.78, 5) is 25.8. The van der Waals surface area contributed by atoms with Crippen LogP contribution in [0, 0.1) is 0 Å². The topological polar surface area (TPSA) is 77.1 Å². The Morgan fingerprint density at radius 1 is 1.15 bits per heavy atom. The average molecular weight is 413 g/mol. The molecule has 9 heteroatoms. The minimum atomic E-state index is -0.287. The number of ether oxygens (including phenoxy) is 3. The molecule has 0 atom stereocenters. The minimum Gasteiger partial charge on any atom is -0.490 e. The van der Waals surface area contributed by atoms with Crippen LogP contribution in [0.4, 0.5) is 0 Å². The maximum Gasteiger partial charge on any atom is 0.251 e. The smallest absolute Gasteiger partial charge is 0.251 e. The van der Waals surface area contributed by atoms with Gasteiger partial charge in [0.15, 0.2) is 11.5 Å². The fourth-order valence-electron chi connectivity index (χ4n) is 2.50. The third-order valence-electron chi connectivity index (χ3n) is 3.63. The van der Waals surface area contributed by atoms with E-state index in [0.29, 0.717) is 65.8 Å². The molecule has 0 saturated carbocycles. The second-order valence-electron chi connectivity index (χ2n) is 5.46. The molecule has 0 aromatic heterocycles. The van der Waals surface area contributed by atoms with Gasteiger partial charge in [-0.3, -0.25) is 14.5 Å². The van der Waals surface area contributed by atoms with Crippen molar-refractivity contribution in [2.75, 3.05) is 38.7 Å². The lowest BCUT2D eigenvalue weighted by Gasteiger charge is -2.18. The summed E-state index contributed by atoms with van der Waals surface area (Å²) in [6.07, 6.45) is 0. The summed E-state index contributed by atoms with van der Waals surface area (Å²) in [6.45, 7) is 7.55. The van der Waals surface area contributed by atoms with E-state index in [1.54, 1.807) is 12.1 Å². The molecule has 0 aliphatic carbocycles. The zero-order valence-electron chi connectivity index (χ0n) is 15.7. The standard InChI is InChI=1S/C18H24N2O5S2/c1-4-23-13-9-12(10-14(24-5-2)16(13)25-6-3)17(22)19-7-8-20-15(21)11-27-18(20)26/h9-10H,4-8,11H2,1-3H3,(H,19,22). The average Bonchev–Trinajstić information content (AvgIpc) is 2.96. The van der Waals surface area contributed by atoms with E-state index in [0.717, 1.165) is 0 Å². The Bertz CT molecular complexity index is 668. The van der Waals surface area contributed by atoms with Gasteiger partial charge in [-0.2, -0.15) is 0 Å². The highest BCUT2D eigenvalue weighted by atomic mass is 32.2. The van der Waals surface area contributed by atoms with Crippen LogP contribution >= 0.6 is 24.0 Å². The van der Waals surface area contributed by atoms with Crippen LogP contribution in [0.2, 0.25) is 0 Å². The zero-order chi connectivity index (χ0) is 19.8. The van der Waals surface area contributed by atoms with Crippen LogP contribution in [0.5, 0.6) is 17.2 Å². The second-order valence-corrected chi connectivity index (χ2v) is 7.07. The van der Waals surface area contributed by atoms with Gasteiger partial charge >= 0.3 is 0 Å². The van der Waals surface area contributed by atoms with Crippen LogP contribution in [0.1, 0.15) is 31.1 Å². The van der Waals surface area contributed by atoms with Gasteiger partial charge in [0.25, 0.3) is 5.91 Å². The Kier molecular flexibility index (Phi) is 8.18. The van der Waals surface area contributed by atoms with Gasteiger partial charge in [-0.1, -0.05) is 24.0 Å². The quantitative estimate of drug-likeness (QED) is 0.592. The number of carbonyl (C=O) groups excluding carboxylic acids is 2. The molecule has 2 rings (SSSR count). The molecule has 1 fully saturated rings. The van der Waals surface area contributed by atoms with Gasteiger partial charge in [-0.25, -0.2) is 0 Å². The number of benzene rings is 1. The maximum atomic E-state index is 12.6. The van der Waals surface area contributed by atoms with Gasteiger partial charge in [0.05, 0.1) is 25.6 Å². The summed E-state index contributed by atoms with van der Waals surface area (Å²) < 4.78 is 17.4. The SMILES string of the molecule is CCOc1cc(C(=O)NCCN2C(=O)CSC2=S)cc(OCC)c1OCC. The fourth-order valence-corrected chi connectivity index (χ4v) is 3.62. The zero-order valence-corrected chi connectivity index (χ0v) is 17.3. The van der Waals surface area contributed by atoms with E-state index in [4.69, 9.17) is 26.4 Å². The number of nitrogens with zero attached hydrogens (tertiary/aromatic N) is 1. The van der Waals surface area contributed by atoms with Crippen molar-refractivity contribution in [1.82, 2.24) is 10.2 Å². The van der Waals surface area contributed by atoms with E-state index in [1.807, 2.05) is 20.8 Å². The molecule has 0 radical (unpaired) electrons. The Hall–Kier alpha value is -2.00. The van der Waals surface area contributed by atoms with Gasteiger partial charge in [0.1, 0.15) is 4.32 Å². The summed E-state index contributed by atoms with van der Waals surface area (Å²) in [5.74, 6) is 1.46. The molecule has 0 unspecified atom stereocenters. The molecule has 0 bridgehead atoms. The summed E-state index contributed by atoms with van der Waals surface area (Å²) in [5.41, 5.74) is 0.398. The van der Waals surface area contributed by atoms with Gasteiger partial charge in [-0.15, -0.1) is 0 Å². The summed E-state index contributed by atoms with van der Waals surface area (Å²) in [5, 5.41) is 2.80. The molecule has 27 heavy (non-hydrogen) atoms. The van der Waals surface area contributed by atoms with E-state index >= 15 is 0 Å². The lowest BCUT2D eigenvalue weighted by Crippen LogP contribution is -2.37. The van der Waals surface area contributed by atoms with Crippen molar-refractivity contribution in [3.05, 3.63) is 17.7 Å². The number of rotatable bonds is 10. The van der Waals surface area contributed by atoms with E-state index in [-0.39, 0.29) is 11.8 Å². The first-order valence-electron chi connectivity index (χ1n) is 8.83. The summed E-state index contributed by atoms with van der Waals surface area (Å²) in [6, 6.07) is 3.27. The third-order valence-corrected chi connectivity index (χ3v) is 5.07. The molecule has 0 spiro atoms. The van der Waals surface area contributed by atoms with Crippen molar-refractivity contribution >= 4 is 40.1 Å². The van der Waals surface area contributed by atoms with Gasteiger partial charge in [-0.05, 0) is 32.9 Å².